The highest BCUT2D eigenvalue weighted by Gasteiger charge is 2.13. The molecule has 0 radical (unpaired) electrons. The molecule has 0 bridgehead atoms. The second kappa shape index (κ2) is 7.50. The lowest BCUT2D eigenvalue weighted by Crippen LogP contribution is -1.94. The first-order valence-electron chi connectivity index (χ1n) is 5.59. The van der Waals surface area contributed by atoms with E-state index in [1.807, 2.05) is 6.08 Å². The summed E-state index contributed by atoms with van der Waals surface area (Å²) in [7, 11) is 0. The van der Waals surface area contributed by atoms with E-state index in [4.69, 9.17) is 5.11 Å². The summed E-state index contributed by atoms with van der Waals surface area (Å²) in [6, 6.07) is 0. The predicted octanol–water partition coefficient (Wildman–Crippen LogP) is 3.99. The topological polar surface area (TPSA) is 50.2 Å². The minimum absolute atomic E-state index is 0.360. The van der Waals surface area contributed by atoms with Crippen molar-refractivity contribution in [1.29, 1.82) is 0 Å². The number of unbranched alkanes of at least 4 members (excludes halogenated alkanes) is 3. The Morgan fingerprint density at radius 2 is 2.29 bits per heavy atom. The number of nitrogens with zero attached hydrogens (tertiary/aromatic N) is 1. The van der Waals surface area contributed by atoms with Crippen molar-refractivity contribution >= 4 is 29.1 Å². The number of rotatable bonds is 8. The molecule has 0 aliphatic heterocycles. The number of thiazole rings is 1. The van der Waals surface area contributed by atoms with Crippen LogP contribution in [0.1, 0.15) is 41.0 Å². The molecule has 0 fully saturated rings. The van der Waals surface area contributed by atoms with Crippen LogP contribution < -0.4 is 0 Å². The van der Waals surface area contributed by atoms with Crippen LogP contribution in [0.15, 0.2) is 17.0 Å². The van der Waals surface area contributed by atoms with Crippen LogP contribution in [-0.2, 0) is 0 Å². The molecule has 0 spiro atoms. The number of thioether (sulfide) groups is 1. The largest absolute Gasteiger partial charge is 0.477 e. The molecule has 0 saturated heterocycles. The van der Waals surface area contributed by atoms with Crippen molar-refractivity contribution < 1.29 is 9.90 Å². The molecular formula is C12H17NO2S2. The van der Waals surface area contributed by atoms with E-state index < -0.39 is 5.97 Å². The van der Waals surface area contributed by atoms with Gasteiger partial charge in [0, 0.05) is 5.75 Å². The first kappa shape index (κ1) is 14.3. The molecule has 1 rings (SSSR count). The molecule has 0 atom stereocenters. The maximum Gasteiger partial charge on any atom is 0.347 e. The lowest BCUT2D eigenvalue weighted by molar-refractivity contribution is 0.0701. The number of carboxylic acids is 1. The highest BCUT2D eigenvalue weighted by Crippen LogP contribution is 2.27. The number of aromatic carboxylic acids is 1. The average Bonchev–Trinajstić information content (AvgIpc) is 2.65. The summed E-state index contributed by atoms with van der Waals surface area (Å²) in [5, 5.41) is 8.90. The third-order valence-corrected chi connectivity index (χ3v) is 4.62. The molecule has 1 N–H and O–H groups in total. The van der Waals surface area contributed by atoms with E-state index in [0.717, 1.165) is 22.9 Å². The summed E-state index contributed by atoms with van der Waals surface area (Å²) in [5.74, 6) is 0.126. The van der Waals surface area contributed by atoms with Crippen molar-refractivity contribution in [3.05, 3.63) is 23.2 Å². The molecule has 0 amide bonds. The molecule has 94 valence electrons. The minimum Gasteiger partial charge on any atom is -0.477 e. The van der Waals surface area contributed by atoms with Gasteiger partial charge in [-0.25, -0.2) is 9.78 Å². The first-order chi connectivity index (χ1) is 8.15. The number of hydrogen-bond acceptors (Lipinski definition) is 4. The molecule has 0 aliphatic rings. The van der Waals surface area contributed by atoms with Gasteiger partial charge in [0.2, 0.25) is 0 Å². The van der Waals surface area contributed by atoms with Gasteiger partial charge in [0.25, 0.3) is 0 Å². The van der Waals surface area contributed by atoms with E-state index in [0.29, 0.717) is 10.6 Å². The molecule has 17 heavy (non-hydrogen) atoms. The maximum absolute atomic E-state index is 10.8. The Balaban J connectivity index is 2.30. The third-order valence-electron chi connectivity index (χ3n) is 2.25. The van der Waals surface area contributed by atoms with Crippen molar-refractivity contribution in [3.8, 4) is 0 Å². The van der Waals surface area contributed by atoms with Crippen molar-refractivity contribution in [2.45, 2.75) is 36.9 Å². The van der Waals surface area contributed by atoms with Crippen LogP contribution >= 0.6 is 23.1 Å². The Hall–Kier alpha value is -0.810. The van der Waals surface area contributed by atoms with Crippen molar-refractivity contribution in [3.63, 3.8) is 0 Å². The fraction of sp³-hybridized carbons (Fsp3) is 0.500. The van der Waals surface area contributed by atoms with Crippen LogP contribution in [0, 0.1) is 6.92 Å². The van der Waals surface area contributed by atoms with Gasteiger partial charge < -0.3 is 5.11 Å². The SMILES string of the molecule is C=CCCCCCSc1nc(C)c(C(=O)O)s1. The summed E-state index contributed by atoms with van der Waals surface area (Å²) in [4.78, 5) is 15.4. The normalized spacial score (nSPS) is 10.4. The zero-order valence-electron chi connectivity index (χ0n) is 9.94. The number of hydrogen-bond donors (Lipinski definition) is 1. The van der Waals surface area contributed by atoms with Crippen LogP contribution in [0.3, 0.4) is 0 Å². The molecule has 1 aromatic rings. The number of allylic oxidation sites excluding steroid dienone is 1. The van der Waals surface area contributed by atoms with Crippen LogP contribution in [0.2, 0.25) is 0 Å². The predicted molar refractivity (Wildman–Crippen MR) is 73.2 cm³/mol. The quantitative estimate of drug-likeness (QED) is 0.441. The molecule has 0 aromatic carbocycles. The Labute approximate surface area is 110 Å². The Morgan fingerprint density at radius 1 is 1.53 bits per heavy atom. The number of aryl methyl sites for hydroxylation is 1. The molecule has 5 heteroatoms. The molecule has 1 aromatic heterocycles. The van der Waals surface area contributed by atoms with E-state index in [9.17, 15) is 4.79 Å². The zero-order chi connectivity index (χ0) is 12.7. The highest BCUT2D eigenvalue weighted by atomic mass is 32.2. The molecular weight excluding hydrogens is 254 g/mol. The van der Waals surface area contributed by atoms with Gasteiger partial charge in [-0.15, -0.1) is 17.9 Å². The molecule has 0 aliphatic carbocycles. The van der Waals surface area contributed by atoms with Crippen LogP contribution in [0.4, 0.5) is 0 Å². The average molecular weight is 271 g/mol. The lowest BCUT2D eigenvalue weighted by Gasteiger charge is -1.97. The molecule has 0 saturated carbocycles. The fourth-order valence-electron chi connectivity index (χ4n) is 1.36. The summed E-state index contributed by atoms with van der Waals surface area (Å²) >= 11 is 2.92. The van der Waals surface area contributed by atoms with E-state index in [-0.39, 0.29) is 0 Å². The van der Waals surface area contributed by atoms with Gasteiger partial charge >= 0.3 is 5.97 Å². The summed E-state index contributed by atoms with van der Waals surface area (Å²) < 4.78 is 0.864. The van der Waals surface area contributed by atoms with E-state index in [1.54, 1.807) is 18.7 Å². The molecule has 1 heterocycles. The smallest absolute Gasteiger partial charge is 0.347 e. The van der Waals surface area contributed by atoms with Crippen LogP contribution in [0.5, 0.6) is 0 Å². The third kappa shape index (κ3) is 4.91. The highest BCUT2D eigenvalue weighted by molar-refractivity contribution is 8.01. The van der Waals surface area contributed by atoms with Gasteiger partial charge in [-0.3, -0.25) is 0 Å². The Morgan fingerprint density at radius 3 is 2.88 bits per heavy atom. The molecule has 0 unspecified atom stereocenters. The monoisotopic (exact) mass is 271 g/mol. The van der Waals surface area contributed by atoms with Gasteiger partial charge in [-0.1, -0.05) is 24.3 Å². The zero-order valence-corrected chi connectivity index (χ0v) is 11.6. The Bertz CT molecular complexity index is 388. The second-order valence-electron chi connectivity index (χ2n) is 3.69. The number of aromatic nitrogens is 1. The van der Waals surface area contributed by atoms with Crippen LogP contribution in [-0.4, -0.2) is 21.8 Å². The molecule has 3 nitrogen and oxygen atoms in total. The maximum atomic E-state index is 10.8. The van der Waals surface area contributed by atoms with Gasteiger partial charge in [0.15, 0.2) is 4.34 Å². The van der Waals surface area contributed by atoms with E-state index >= 15 is 0 Å². The van der Waals surface area contributed by atoms with Crippen LogP contribution in [0.25, 0.3) is 0 Å². The second-order valence-corrected chi connectivity index (χ2v) is 6.03. The minimum atomic E-state index is -0.877. The fourth-order valence-corrected chi connectivity index (χ4v) is 3.46. The van der Waals surface area contributed by atoms with Gasteiger partial charge in [0.05, 0.1) is 5.69 Å². The van der Waals surface area contributed by atoms with Gasteiger partial charge in [-0.2, -0.15) is 0 Å². The van der Waals surface area contributed by atoms with Gasteiger partial charge in [0.1, 0.15) is 4.88 Å². The number of carbonyl (C=O) groups is 1. The van der Waals surface area contributed by atoms with Crippen molar-refractivity contribution in [2.24, 2.45) is 0 Å². The Kier molecular flexibility index (Phi) is 6.29. The van der Waals surface area contributed by atoms with Crippen molar-refractivity contribution in [2.75, 3.05) is 5.75 Å². The van der Waals surface area contributed by atoms with Gasteiger partial charge in [-0.05, 0) is 26.2 Å². The van der Waals surface area contributed by atoms with Crippen molar-refractivity contribution in [1.82, 2.24) is 4.98 Å². The summed E-state index contributed by atoms with van der Waals surface area (Å²) in [6.45, 7) is 5.43. The summed E-state index contributed by atoms with van der Waals surface area (Å²) in [6.07, 6.45) is 6.52. The number of carboxylic acid groups (broad SMARTS) is 1. The standard InChI is InChI=1S/C12H17NO2S2/c1-3-4-5-6-7-8-16-12-13-9(2)10(17-12)11(14)15/h3H,1,4-8H2,2H3,(H,14,15). The van der Waals surface area contributed by atoms with E-state index in [2.05, 4.69) is 11.6 Å². The van der Waals surface area contributed by atoms with E-state index in [1.165, 1.54) is 24.2 Å². The lowest BCUT2D eigenvalue weighted by atomic mass is 10.2. The first-order valence-corrected chi connectivity index (χ1v) is 7.39. The summed E-state index contributed by atoms with van der Waals surface area (Å²) in [5.41, 5.74) is 0.622.